The number of hydrogen-bond donors (Lipinski definition) is 0. The molecule has 0 N–H and O–H groups in total. The van der Waals surface area contributed by atoms with Crippen molar-refractivity contribution in [1.29, 1.82) is 0 Å². The van der Waals surface area contributed by atoms with Gasteiger partial charge in [0.15, 0.2) is 0 Å². The quantitative estimate of drug-likeness (QED) is 0.649. The molecule has 1 aromatic carbocycles. The Labute approximate surface area is 191 Å². The van der Waals surface area contributed by atoms with Gasteiger partial charge in [0.25, 0.3) is 5.91 Å². The van der Waals surface area contributed by atoms with Gasteiger partial charge in [-0.3, -0.25) is 4.79 Å². The van der Waals surface area contributed by atoms with Crippen LogP contribution < -0.4 is 4.74 Å². The number of ether oxygens (including phenoxy) is 1. The summed E-state index contributed by atoms with van der Waals surface area (Å²) in [5.74, 6) is -0.116. The number of carbonyl (C=O) groups excluding carboxylic acids is 1. The van der Waals surface area contributed by atoms with Gasteiger partial charge in [0.1, 0.15) is 5.75 Å². The molecule has 3 fully saturated rings. The standard InChI is InChI=1S/C24H29F3N4O2/c1-16-21(23(32)30-13-9-18(10-14-30)29-11-2-3-12-29)22(17-7-8-17)31(28-16)19-5-4-6-20(15-19)33-24(25,26)27/h4-6,15,17-18H,2-3,7-14H2,1H3. The molecule has 0 spiro atoms. The lowest BCUT2D eigenvalue weighted by molar-refractivity contribution is -0.274. The second kappa shape index (κ2) is 8.66. The summed E-state index contributed by atoms with van der Waals surface area (Å²) < 4.78 is 43.8. The highest BCUT2D eigenvalue weighted by atomic mass is 19.4. The fourth-order valence-electron chi connectivity index (χ4n) is 5.25. The first-order chi connectivity index (χ1) is 15.8. The van der Waals surface area contributed by atoms with Crippen LogP contribution in [-0.2, 0) is 0 Å². The second-order valence-electron chi connectivity index (χ2n) is 9.34. The van der Waals surface area contributed by atoms with Crippen LogP contribution in [-0.4, -0.2) is 64.1 Å². The summed E-state index contributed by atoms with van der Waals surface area (Å²) >= 11 is 0. The third-order valence-electron chi connectivity index (χ3n) is 6.98. The van der Waals surface area contributed by atoms with Gasteiger partial charge in [0.2, 0.25) is 0 Å². The normalized spacial score (nSPS) is 20.4. The van der Waals surface area contributed by atoms with Crippen molar-refractivity contribution in [3.05, 3.63) is 41.2 Å². The van der Waals surface area contributed by atoms with Crippen LogP contribution >= 0.6 is 0 Å². The average Bonchev–Trinajstić information content (AvgIpc) is 3.34. The Balaban J connectivity index is 1.39. The number of alkyl halides is 3. The molecular weight excluding hydrogens is 433 g/mol. The molecule has 0 radical (unpaired) electrons. The highest BCUT2D eigenvalue weighted by Crippen LogP contribution is 2.44. The number of hydrogen-bond acceptors (Lipinski definition) is 4. The Kier molecular flexibility index (Phi) is 5.84. The van der Waals surface area contributed by atoms with Crippen LogP contribution in [0, 0.1) is 6.92 Å². The highest BCUT2D eigenvalue weighted by molar-refractivity contribution is 5.97. The number of benzene rings is 1. The van der Waals surface area contributed by atoms with Crippen LogP contribution in [0.3, 0.4) is 0 Å². The van der Waals surface area contributed by atoms with Crippen LogP contribution in [0.1, 0.15) is 66.2 Å². The molecule has 178 valence electrons. The van der Waals surface area contributed by atoms with Gasteiger partial charge in [-0.05, 0) is 70.7 Å². The molecule has 1 saturated carbocycles. The Morgan fingerprint density at radius 2 is 1.76 bits per heavy atom. The lowest BCUT2D eigenvalue weighted by Crippen LogP contribution is -2.46. The van der Waals surface area contributed by atoms with Gasteiger partial charge >= 0.3 is 6.36 Å². The van der Waals surface area contributed by atoms with E-state index in [1.807, 2.05) is 11.8 Å². The highest BCUT2D eigenvalue weighted by Gasteiger charge is 2.37. The summed E-state index contributed by atoms with van der Waals surface area (Å²) in [5.41, 5.74) is 2.50. The maximum Gasteiger partial charge on any atom is 0.573 e. The first-order valence-corrected chi connectivity index (χ1v) is 11.8. The summed E-state index contributed by atoms with van der Waals surface area (Å²) in [6.07, 6.45) is 1.61. The lowest BCUT2D eigenvalue weighted by atomic mass is 10.0. The first kappa shape index (κ1) is 22.3. The van der Waals surface area contributed by atoms with Crippen molar-refractivity contribution in [2.75, 3.05) is 26.2 Å². The van der Waals surface area contributed by atoms with E-state index >= 15 is 0 Å². The van der Waals surface area contributed by atoms with Crippen molar-refractivity contribution in [3.8, 4) is 11.4 Å². The largest absolute Gasteiger partial charge is 0.573 e. The first-order valence-electron chi connectivity index (χ1n) is 11.8. The molecule has 3 aliphatic rings. The van der Waals surface area contributed by atoms with Crippen LogP contribution in [0.25, 0.3) is 5.69 Å². The van der Waals surface area contributed by atoms with Crippen LogP contribution in [0.2, 0.25) is 0 Å². The zero-order valence-electron chi connectivity index (χ0n) is 18.8. The topological polar surface area (TPSA) is 50.6 Å². The molecular formula is C24H29F3N4O2. The summed E-state index contributed by atoms with van der Waals surface area (Å²) in [5, 5.41) is 4.60. The summed E-state index contributed by atoms with van der Waals surface area (Å²) in [6.45, 7) is 5.58. The monoisotopic (exact) mass is 462 g/mol. The van der Waals surface area contributed by atoms with Crippen molar-refractivity contribution in [2.24, 2.45) is 0 Å². The van der Waals surface area contributed by atoms with E-state index in [-0.39, 0.29) is 17.6 Å². The molecule has 0 bridgehead atoms. The van der Waals surface area contributed by atoms with Crippen molar-refractivity contribution in [1.82, 2.24) is 19.6 Å². The van der Waals surface area contributed by atoms with Gasteiger partial charge in [-0.25, -0.2) is 4.68 Å². The van der Waals surface area contributed by atoms with E-state index in [0.29, 0.717) is 23.0 Å². The molecule has 5 rings (SSSR count). The minimum absolute atomic E-state index is 0.0109. The number of nitrogens with zero attached hydrogens (tertiary/aromatic N) is 4. The third-order valence-corrected chi connectivity index (χ3v) is 6.98. The van der Waals surface area contributed by atoms with Gasteiger partial charge in [-0.1, -0.05) is 6.07 Å². The van der Waals surface area contributed by atoms with Crippen LogP contribution in [0.4, 0.5) is 13.2 Å². The Hall–Kier alpha value is -2.55. The molecule has 6 nitrogen and oxygen atoms in total. The molecule has 2 saturated heterocycles. The number of piperidine rings is 1. The van der Waals surface area contributed by atoms with E-state index in [1.54, 1.807) is 10.7 Å². The molecule has 1 aliphatic carbocycles. The maximum absolute atomic E-state index is 13.6. The molecule has 33 heavy (non-hydrogen) atoms. The van der Waals surface area contributed by atoms with Gasteiger partial charge in [0.05, 0.1) is 22.6 Å². The molecule has 3 heterocycles. The van der Waals surface area contributed by atoms with Gasteiger partial charge in [0, 0.05) is 31.1 Å². The number of likely N-dealkylation sites (tertiary alicyclic amines) is 2. The number of amides is 1. The summed E-state index contributed by atoms with van der Waals surface area (Å²) in [7, 11) is 0. The van der Waals surface area contributed by atoms with Gasteiger partial charge in [-0.2, -0.15) is 5.10 Å². The molecule has 0 atom stereocenters. The molecule has 1 amide bonds. The number of carbonyl (C=O) groups is 1. The second-order valence-corrected chi connectivity index (χ2v) is 9.34. The van der Waals surface area contributed by atoms with Crippen molar-refractivity contribution in [2.45, 2.75) is 63.8 Å². The van der Waals surface area contributed by atoms with E-state index in [9.17, 15) is 18.0 Å². The molecule has 9 heteroatoms. The molecule has 1 aromatic heterocycles. The SMILES string of the molecule is Cc1nn(-c2cccc(OC(F)(F)F)c2)c(C2CC2)c1C(=O)N1CCC(N2CCCC2)CC1. The zero-order chi connectivity index (χ0) is 23.2. The van der Waals surface area contributed by atoms with Crippen molar-refractivity contribution < 1.29 is 22.7 Å². The van der Waals surface area contributed by atoms with Gasteiger partial charge < -0.3 is 14.5 Å². The Morgan fingerprint density at radius 1 is 1.06 bits per heavy atom. The van der Waals surface area contributed by atoms with Crippen molar-refractivity contribution in [3.63, 3.8) is 0 Å². The fraction of sp³-hybridized carbons (Fsp3) is 0.583. The van der Waals surface area contributed by atoms with E-state index < -0.39 is 6.36 Å². The zero-order valence-corrected chi connectivity index (χ0v) is 18.8. The lowest BCUT2D eigenvalue weighted by Gasteiger charge is -2.36. The number of aryl methyl sites for hydroxylation is 1. The Bertz CT molecular complexity index is 1020. The maximum atomic E-state index is 13.6. The smallest absolute Gasteiger partial charge is 0.406 e. The van der Waals surface area contributed by atoms with E-state index in [1.165, 1.54) is 31.0 Å². The third kappa shape index (κ3) is 4.74. The summed E-state index contributed by atoms with van der Waals surface area (Å²) in [6, 6.07) is 6.34. The van der Waals surface area contributed by atoms with Crippen molar-refractivity contribution >= 4 is 5.91 Å². The molecule has 2 aromatic rings. The minimum Gasteiger partial charge on any atom is -0.406 e. The number of halogens is 3. The summed E-state index contributed by atoms with van der Waals surface area (Å²) in [4.78, 5) is 18.1. The van der Waals surface area contributed by atoms with Crippen LogP contribution in [0.5, 0.6) is 5.75 Å². The predicted molar refractivity (Wildman–Crippen MR) is 117 cm³/mol. The van der Waals surface area contributed by atoms with E-state index in [0.717, 1.165) is 57.6 Å². The minimum atomic E-state index is -4.76. The average molecular weight is 463 g/mol. The Morgan fingerprint density at radius 3 is 2.39 bits per heavy atom. The van der Waals surface area contributed by atoms with E-state index in [4.69, 9.17) is 0 Å². The number of aromatic nitrogens is 2. The molecule has 0 unspecified atom stereocenters. The fourth-order valence-corrected chi connectivity index (χ4v) is 5.25. The predicted octanol–water partition coefficient (Wildman–Crippen LogP) is 4.66. The van der Waals surface area contributed by atoms with E-state index in [2.05, 4.69) is 14.7 Å². The van der Waals surface area contributed by atoms with Gasteiger partial charge in [-0.15, -0.1) is 13.2 Å². The number of rotatable bonds is 5. The van der Waals surface area contributed by atoms with Crippen LogP contribution in [0.15, 0.2) is 24.3 Å². The molecule has 2 aliphatic heterocycles.